The van der Waals surface area contributed by atoms with Crippen LogP contribution in [-0.2, 0) is 4.79 Å². The van der Waals surface area contributed by atoms with E-state index in [2.05, 4.69) is 15.5 Å². The van der Waals surface area contributed by atoms with E-state index in [9.17, 15) is 14.7 Å². The van der Waals surface area contributed by atoms with E-state index in [-0.39, 0.29) is 22.9 Å². The molecule has 3 aromatic rings. The summed E-state index contributed by atoms with van der Waals surface area (Å²) in [5, 5.41) is 22.2. The summed E-state index contributed by atoms with van der Waals surface area (Å²) >= 11 is 1.21. The standard InChI is InChI=1S/C15H12N4O3S/c20-13(16-11-6-2-1-5-10(11)14(21)22)9-23-15-18-17-12-7-3-4-8-19(12)15/h1-8H,9H2,(H,16,20)(H,21,22)/p-1. The van der Waals surface area contributed by atoms with Gasteiger partial charge in [-0.3, -0.25) is 9.20 Å². The molecule has 0 radical (unpaired) electrons. The van der Waals surface area contributed by atoms with Gasteiger partial charge in [-0.1, -0.05) is 36.0 Å². The number of thioether (sulfide) groups is 1. The second-order valence-electron chi connectivity index (χ2n) is 4.58. The number of carbonyl (C=O) groups is 2. The fourth-order valence-corrected chi connectivity index (χ4v) is 2.73. The quantitative estimate of drug-likeness (QED) is 0.697. The van der Waals surface area contributed by atoms with Crippen molar-refractivity contribution >= 4 is 35.0 Å². The Bertz CT molecular complexity index is 878. The maximum atomic E-state index is 12.0. The maximum Gasteiger partial charge on any atom is 0.234 e. The highest BCUT2D eigenvalue weighted by atomic mass is 32.2. The molecule has 2 aromatic heterocycles. The van der Waals surface area contributed by atoms with E-state index in [0.29, 0.717) is 10.8 Å². The van der Waals surface area contributed by atoms with Gasteiger partial charge in [0.2, 0.25) is 5.91 Å². The number of carboxylic acid groups (broad SMARTS) is 1. The number of rotatable bonds is 5. The number of fused-ring (bicyclic) bond motifs is 1. The van der Waals surface area contributed by atoms with Crippen molar-refractivity contribution in [2.75, 3.05) is 11.1 Å². The molecule has 0 aliphatic carbocycles. The Balaban J connectivity index is 1.68. The van der Waals surface area contributed by atoms with Gasteiger partial charge in [0.1, 0.15) is 0 Å². The molecule has 0 aliphatic rings. The molecule has 1 N–H and O–H groups in total. The monoisotopic (exact) mass is 327 g/mol. The lowest BCUT2D eigenvalue weighted by Gasteiger charge is -2.11. The van der Waals surface area contributed by atoms with Crippen LogP contribution in [0.5, 0.6) is 0 Å². The Morgan fingerprint density at radius 1 is 1.13 bits per heavy atom. The second kappa shape index (κ2) is 6.49. The van der Waals surface area contributed by atoms with Gasteiger partial charge in [0.25, 0.3) is 0 Å². The Kier molecular flexibility index (Phi) is 4.24. The molecule has 0 saturated heterocycles. The fraction of sp³-hybridized carbons (Fsp3) is 0.0667. The highest BCUT2D eigenvalue weighted by Crippen LogP contribution is 2.18. The topological polar surface area (TPSA) is 99.4 Å². The Morgan fingerprint density at radius 2 is 1.91 bits per heavy atom. The Hall–Kier alpha value is -2.87. The average Bonchev–Trinajstić information content (AvgIpc) is 2.96. The number of hydrogen-bond acceptors (Lipinski definition) is 6. The van der Waals surface area contributed by atoms with Crippen LogP contribution in [0.3, 0.4) is 0 Å². The van der Waals surface area contributed by atoms with Crippen molar-refractivity contribution in [1.29, 1.82) is 0 Å². The lowest BCUT2D eigenvalue weighted by molar-refractivity contribution is -0.254. The molecule has 0 spiro atoms. The van der Waals surface area contributed by atoms with Crippen molar-refractivity contribution in [3.8, 4) is 0 Å². The Morgan fingerprint density at radius 3 is 2.74 bits per heavy atom. The number of carboxylic acids is 1. The first kappa shape index (κ1) is 15.0. The molecule has 0 saturated carbocycles. The lowest BCUT2D eigenvalue weighted by atomic mass is 10.2. The molecular formula is C15H11N4O3S-. The molecule has 0 atom stereocenters. The molecule has 8 heteroatoms. The number of para-hydroxylation sites is 1. The van der Waals surface area contributed by atoms with Crippen molar-refractivity contribution in [2.45, 2.75) is 5.16 Å². The van der Waals surface area contributed by atoms with E-state index in [0.717, 1.165) is 0 Å². The summed E-state index contributed by atoms with van der Waals surface area (Å²) in [5.74, 6) is -1.59. The molecule has 1 aromatic carbocycles. The molecule has 0 bridgehead atoms. The third kappa shape index (κ3) is 3.32. The minimum Gasteiger partial charge on any atom is -0.545 e. The highest BCUT2D eigenvalue weighted by molar-refractivity contribution is 7.99. The number of nitrogens with one attached hydrogen (secondary N) is 1. The number of benzene rings is 1. The number of hydrogen-bond donors (Lipinski definition) is 1. The van der Waals surface area contributed by atoms with Gasteiger partial charge in [0, 0.05) is 17.4 Å². The first-order valence-corrected chi connectivity index (χ1v) is 7.66. The van der Waals surface area contributed by atoms with Gasteiger partial charge < -0.3 is 15.2 Å². The van der Waals surface area contributed by atoms with Gasteiger partial charge in [0.15, 0.2) is 10.8 Å². The third-order valence-electron chi connectivity index (χ3n) is 3.04. The summed E-state index contributed by atoms with van der Waals surface area (Å²) in [6, 6.07) is 11.6. The number of amides is 1. The van der Waals surface area contributed by atoms with Crippen molar-refractivity contribution < 1.29 is 14.7 Å². The second-order valence-corrected chi connectivity index (χ2v) is 5.52. The first-order chi connectivity index (χ1) is 11.1. The lowest BCUT2D eigenvalue weighted by Crippen LogP contribution is -2.25. The largest absolute Gasteiger partial charge is 0.545 e. The predicted octanol–water partition coefficient (Wildman–Crippen LogP) is 0.824. The molecule has 23 heavy (non-hydrogen) atoms. The van der Waals surface area contributed by atoms with Gasteiger partial charge in [0.05, 0.1) is 11.7 Å². The zero-order valence-electron chi connectivity index (χ0n) is 11.8. The van der Waals surface area contributed by atoms with E-state index < -0.39 is 5.97 Å². The van der Waals surface area contributed by atoms with Crippen LogP contribution in [0.4, 0.5) is 5.69 Å². The maximum absolute atomic E-state index is 12.0. The number of aromatic nitrogens is 3. The van der Waals surface area contributed by atoms with Crippen molar-refractivity contribution in [1.82, 2.24) is 14.6 Å². The third-order valence-corrected chi connectivity index (χ3v) is 3.98. The van der Waals surface area contributed by atoms with Gasteiger partial charge in [-0.2, -0.15) is 0 Å². The van der Waals surface area contributed by atoms with Crippen molar-refractivity contribution in [2.24, 2.45) is 0 Å². The van der Waals surface area contributed by atoms with Crippen LogP contribution in [-0.4, -0.2) is 32.2 Å². The van der Waals surface area contributed by atoms with Crippen LogP contribution < -0.4 is 10.4 Å². The van der Waals surface area contributed by atoms with Crippen LogP contribution in [0.25, 0.3) is 5.65 Å². The van der Waals surface area contributed by atoms with Gasteiger partial charge in [-0.05, 0) is 18.2 Å². The molecule has 0 fully saturated rings. The SMILES string of the molecule is O=C(CSc1nnc2ccccn12)Nc1ccccc1C(=O)[O-]. The molecule has 7 nitrogen and oxygen atoms in total. The van der Waals surface area contributed by atoms with Gasteiger partial charge in [-0.25, -0.2) is 0 Å². The smallest absolute Gasteiger partial charge is 0.234 e. The predicted molar refractivity (Wildman–Crippen MR) is 83.1 cm³/mol. The summed E-state index contributed by atoms with van der Waals surface area (Å²) in [6.45, 7) is 0. The molecule has 0 unspecified atom stereocenters. The van der Waals surface area contributed by atoms with Crippen LogP contribution in [0, 0.1) is 0 Å². The molecular weight excluding hydrogens is 316 g/mol. The number of nitrogens with zero attached hydrogens (tertiary/aromatic N) is 3. The van der Waals surface area contributed by atoms with Gasteiger partial charge >= 0.3 is 0 Å². The number of anilines is 1. The molecule has 3 rings (SSSR count). The minimum atomic E-state index is -1.34. The van der Waals surface area contributed by atoms with E-state index in [1.54, 1.807) is 22.7 Å². The molecule has 1 amide bonds. The van der Waals surface area contributed by atoms with E-state index >= 15 is 0 Å². The summed E-state index contributed by atoms with van der Waals surface area (Å²) in [4.78, 5) is 23.0. The van der Waals surface area contributed by atoms with Gasteiger partial charge in [-0.15, -0.1) is 10.2 Å². The van der Waals surface area contributed by atoms with Crippen molar-refractivity contribution in [3.05, 3.63) is 54.2 Å². The van der Waals surface area contributed by atoms with Crippen molar-refractivity contribution in [3.63, 3.8) is 0 Å². The van der Waals surface area contributed by atoms with E-state index in [4.69, 9.17) is 0 Å². The number of pyridine rings is 1. The molecule has 116 valence electrons. The minimum absolute atomic E-state index is 0.0567. The number of aromatic carboxylic acids is 1. The average molecular weight is 327 g/mol. The summed E-state index contributed by atoms with van der Waals surface area (Å²) in [7, 11) is 0. The summed E-state index contributed by atoms with van der Waals surface area (Å²) < 4.78 is 1.77. The van der Waals surface area contributed by atoms with Crippen LogP contribution >= 0.6 is 11.8 Å². The number of carbonyl (C=O) groups excluding carboxylic acids is 2. The zero-order valence-corrected chi connectivity index (χ0v) is 12.6. The molecule has 2 heterocycles. The Labute approximate surface area is 135 Å². The van der Waals surface area contributed by atoms with Crippen LogP contribution in [0.1, 0.15) is 10.4 Å². The molecule has 0 aliphatic heterocycles. The highest BCUT2D eigenvalue weighted by Gasteiger charge is 2.11. The van der Waals surface area contributed by atoms with Crippen LogP contribution in [0.2, 0.25) is 0 Å². The van der Waals surface area contributed by atoms with E-state index in [1.165, 1.54) is 23.9 Å². The zero-order chi connectivity index (χ0) is 16.2. The van der Waals surface area contributed by atoms with E-state index in [1.807, 2.05) is 18.2 Å². The van der Waals surface area contributed by atoms with Crippen LogP contribution in [0.15, 0.2) is 53.8 Å². The summed E-state index contributed by atoms with van der Waals surface area (Å²) in [5.41, 5.74) is 0.848. The first-order valence-electron chi connectivity index (χ1n) is 6.68. The normalized spacial score (nSPS) is 10.6. The fourth-order valence-electron chi connectivity index (χ4n) is 2.00. The summed E-state index contributed by atoms with van der Waals surface area (Å²) in [6.07, 6.45) is 1.81.